The normalized spacial score (nSPS) is 14.3. The molecule has 2 aromatic carbocycles. The van der Waals surface area contributed by atoms with Crippen molar-refractivity contribution in [2.24, 2.45) is 0 Å². The van der Waals surface area contributed by atoms with Gasteiger partial charge in [0, 0.05) is 49.1 Å². The average Bonchev–Trinajstić information content (AvgIpc) is 3.47. The number of hydrogen-bond acceptors (Lipinski definition) is 13. The van der Waals surface area contributed by atoms with Crippen LogP contribution in [0.3, 0.4) is 0 Å². The van der Waals surface area contributed by atoms with Gasteiger partial charge in [-0.1, -0.05) is 0 Å². The lowest BCUT2D eigenvalue weighted by Gasteiger charge is -2.31. The molecule has 14 nitrogen and oxygen atoms in total. The monoisotopic (exact) mass is 614 g/mol. The largest absolute Gasteiger partial charge is 0.528 e. The minimum Gasteiger partial charge on any atom is -0.493 e. The molecule has 0 radical (unpaired) electrons. The molecular weight excluding hydrogens is 580 g/mol. The summed E-state index contributed by atoms with van der Waals surface area (Å²) < 4.78 is 25.0. The number of aryl methyl sites for hydroxylation is 1. The van der Waals surface area contributed by atoms with E-state index in [1.54, 1.807) is 56.1 Å². The number of carbonyl (C=O) groups excluding carboxylic acids is 1. The number of rotatable bonds is 8. The van der Waals surface area contributed by atoms with Crippen molar-refractivity contribution in [2.75, 3.05) is 25.5 Å². The molecule has 0 unspecified atom stereocenters. The second kappa shape index (κ2) is 12.4. The Morgan fingerprint density at radius 2 is 1.80 bits per heavy atom. The molecule has 1 aliphatic heterocycles. The van der Waals surface area contributed by atoms with Gasteiger partial charge in [-0.25, -0.2) is 19.7 Å². The fourth-order valence-electron chi connectivity index (χ4n) is 4.87. The lowest BCUT2D eigenvalue weighted by atomic mass is 10.1. The number of aromatic nitrogens is 6. The number of nitrogens with one attached hydrogen (secondary N) is 1. The predicted molar refractivity (Wildman–Crippen MR) is 164 cm³/mol. The maximum atomic E-state index is 12.0. The van der Waals surface area contributed by atoms with Crippen LogP contribution in [-0.2, 0) is 9.57 Å². The maximum absolute atomic E-state index is 12.0. The van der Waals surface area contributed by atoms with Crippen LogP contribution in [0.25, 0.3) is 16.6 Å². The second-order valence-corrected chi connectivity index (χ2v) is 11.6. The number of benzene rings is 2. The highest BCUT2D eigenvalue weighted by Crippen LogP contribution is 2.37. The number of ether oxygens (including phenoxy) is 4. The van der Waals surface area contributed by atoms with Gasteiger partial charge in [0.25, 0.3) is 0 Å². The van der Waals surface area contributed by atoms with Crippen molar-refractivity contribution in [3.05, 3.63) is 60.9 Å². The number of hydrogen-bond donors (Lipinski definition) is 1. The van der Waals surface area contributed by atoms with E-state index in [1.807, 2.05) is 37.3 Å². The molecule has 1 fully saturated rings. The van der Waals surface area contributed by atoms with E-state index in [4.69, 9.17) is 23.8 Å². The number of methoxy groups -OCH3 is 1. The van der Waals surface area contributed by atoms with Gasteiger partial charge in [-0.2, -0.15) is 0 Å². The van der Waals surface area contributed by atoms with E-state index < -0.39 is 11.8 Å². The van der Waals surface area contributed by atoms with Gasteiger partial charge < -0.3 is 29.1 Å². The molecule has 1 N–H and O–H groups in total. The zero-order valence-corrected chi connectivity index (χ0v) is 25.7. The molecule has 1 aliphatic rings. The first kappa shape index (κ1) is 29.8. The van der Waals surface area contributed by atoms with E-state index in [0.717, 1.165) is 16.6 Å². The van der Waals surface area contributed by atoms with Gasteiger partial charge in [0.05, 0.1) is 12.6 Å². The highest BCUT2D eigenvalue weighted by molar-refractivity contribution is 5.93. The molecule has 234 valence electrons. The summed E-state index contributed by atoms with van der Waals surface area (Å²) in [5, 5.41) is 13.7. The Hall–Kier alpha value is -5.24. The number of fused-ring (bicyclic) bond motifs is 2. The SMILES string of the molecule is COc1cc2ncnc(Nc3ccc(Oc4cc5nncn5cn4)c(C)c3)c2cc1OC1CCN(OC(=O)OC(C)(C)C)CC1. The molecule has 0 bridgehead atoms. The van der Waals surface area contributed by atoms with Crippen molar-refractivity contribution in [3.63, 3.8) is 0 Å². The zero-order valence-electron chi connectivity index (χ0n) is 25.7. The summed E-state index contributed by atoms with van der Waals surface area (Å²) >= 11 is 0. The summed E-state index contributed by atoms with van der Waals surface area (Å²) in [6.07, 6.45) is 5.17. The molecule has 0 atom stereocenters. The Morgan fingerprint density at radius 1 is 0.978 bits per heavy atom. The molecule has 0 saturated carbocycles. The van der Waals surface area contributed by atoms with Gasteiger partial charge in [-0.3, -0.25) is 4.40 Å². The van der Waals surface area contributed by atoms with Crippen molar-refractivity contribution in [1.82, 2.24) is 34.6 Å². The minimum absolute atomic E-state index is 0.106. The van der Waals surface area contributed by atoms with Gasteiger partial charge >= 0.3 is 6.16 Å². The van der Waals surface area contributed by atoms with Gasteiger partial charge in [0.1, 0.15) is 42.3 Å². The Balaban J connectivity index is 1.15. The van der Waals surface area contributed by atoms with Crippen molar-refractivity contribution in [2.45, 2.75) is 52.2 Å². The van der Waals surface area contributed by atoms with E-state index in [1.165, 1.54) is 6.33 Å². The van der Waals surface area contributed by atoms with Crippen LogP contribution in [0, 0.1) is 6.92 Å². The molecule has 0 aliphatic carbocycles. The third-order valence-electron chi connectivity index (χ3n) is 7.02. The Bertz CT molecular complexity index is 1830. The third-order valence-corrected chi connectivity index (χ3v) is 7.02. The van der Waals surface area contributed by atoms with Gasteiger partial charge in [-0.05, 0) is 57.5 Å². The van der Waals surface area contributed by atoms with Crippen molar-refractivity contribution in [3.8, 4) is 23.1 Å². The topological polar surface area (TPSA) is 147 Å². The summed E-state index contributed by atoms with van der Waals surface area (Å²) in [6, 6.07) is 11.2. The van der Waals surface area contributed by atoms with Crippen molar-refractivity contribution >= 4 is 34.2 Å². The van der Waals surface area contributed by atoms with Gasteiger partial charge in [-0.15, -0.1) is 15.3 Å². The van der Waals surface area contributed by atoms with Gasteiger partial charge in [0.2, 0.25) is 5.88 Å². The molecule has 1 saturated heterocycles. The van der Waals surface area contributed by atoms with Crippen LogP contribution >= 0.6 is 0 Å². The molecule has 6 rings (SSSR count). The van der Waals surface area contributed by atoms with Crippen molar-refractivity contribution in [1.29, 1.82) is 0 Å². The summed E-state index contributed by atoms with van der Waals surface area (Å²) in [5.41, 5.74) is 2.44. The van der Waals surface area contributed by atoms with Crippen LogP contribution < -0.4 is 19.5 Å². The molecule has 0 spiro atoms. The molecular formula is C31H34N8O6. The first-order chi connectivity index (χ1) is 21.6. The van der Waals surface area contributed by atoms with Crippen LogP contribution in [0.5, 0.6) is 23.1 Å². The standard InChI is InChI=1S/C31H34N8O6/c1-19-12-20(6-7-24(19)43-28-15-27-37-35-18-38(27)17-34-28)36-29-22-13-26(25(41-5)14-23(22)32-16-33-29)42-21-8-10-39(11-9-21)45-30(40)44-31(2,3)4/h6-7,12-18,21H,8-11H2,1-5H3,(H,32,33,36). The highest BCUT2D eigenvalue weighted by atomic mass is 16.8. The molecule has 45 heavy (non-hydrogen) atoms. The van der Waals surface area contributed by atoms with E-state index in [0.29, 0.717) is 66.0 Å². The number of anilines is 2. The lowest BCUT2D eigenvalue weighted by Crippen LogP contribution is -2.40. The van der Waals surface area contributed by atoms with Crippen LogP contribution in [0.15, 0.2) is 55.4 Å². The maximum Gasteiger partial charge on any atom is 0.528 e. The number of carbonyl (C=O) groups is 1. The van der Waals surface area contributed by atoms with Crippen LogP contribution in [0.1, 0.15) is 39.2 Å². The Labute approximate surface area is 259 Å². The fraction of sp³-hybridized carbons (Fsp3) is 0.355. The first-order valence-corrected chi connectivity index (χ1v) is 14.5. The van der Waals surface area contributed by atoms with Gasteiger partial charge in [0.15, 0.2) is 17.1 Å². The first-order valence-electron chi connectivity index (χ1n) is 14.5. The molecule has 14 heteroatoms. The molecule has 5 aromatic rings. The molecule has 4 heterocycles. The molecule has 3 aromatic heterocycles. The number of hydroxylamine groups is 2. The average molecular weight is 615 g/mol. The summed E-state index contributed by atoms with van der Waals surface area (Å²) in [4.78, 5) is 30.7. The highest BCUT2D eigenvalue weighted by Gasteiger charge is 2.27. The predicted octanol–water partition coefficient (Wildman–Crippen LogP) is 5.63. The van der Waals surface area contributed by atoms with Crippen LogP contribution in [-0.4, -0.2) is 72.7 Å². The van der Waals surface area contributed by atoms with E-state index in [-0.39, 0.29) is 6.10 Å². The molecule has 0 amide bonds. The Morgan fingerprint density at radius 3 is 2.56 bits per heavy atom. The smallest absolute Gasteiger partial charge is 0.493 e. The van der Waals surface area contributed by atoms with E-state index >= 15 is 0 Å². The Kier molecular flexibility index (Phi) is 8.22. The van der Waals surface area contributed by atoms with Crippen molar-refractivity contribution < 1.29 is 28.6 Å². The summed E-state index contributed by atoms with van der Waals surface area (Å²) in [5.74, 6) is 2.83. The zero-order chi connectivity index (χ0) is 31.6. The number of piperidine rings is 1. The lowest BCUT2D eigenvalue weighted by molar-refractivity contribution is -0.158. The minimum atomic E-state index is -0.711. The quantitative estimate of drug-likeness (QED) is 0.216. The van der Waals surface area contributed by atoms with Crippen LogP contribution in [0.2, 0.25) is 0 Å². The third kappa shape index (κ3) is 7.12. The van der Waals surface area contributed by atoms with E-state index in [9.17, 15) is 4.79 Å². The number of nitrogens with zero attached hydrogens (tertiary/aromatic N) is 7. The van der Waals surface area contributed by atoms with Crippen LogP contribution in [0.4, 0.5) is 16.3 Å². The fourth-order valence-corrected chi connectivity index (χ4v) is 4.87. The van der Waals surface area contributed by atoms with E-state index in [2.05, 4.69) is 30.5 Å². The summed E-state index contributed by atoms with van der Waals surface area (Å²) in [6.45, 7) is 8.37. The second-order valence-electron chi connectivity index (χ2n) is 11.6. The summed E-state index contributed by atoms with van der Waals surface area (Å²) in [7, 11) is 1.59.